The number of hydrogen-bond acceptors (Lipinski definition) is 7. The Balaban J connectivity index is 1.14. The van der Waals surface area contributed by atoms with E-state index in [0.29, 0.717) is 31.9 Å². The maximum Gasteiger partial charge on any atom is 0.310 e. The first kappa shape index (κ1) is 27.6. The van der Waals surface area contributed by atoms with Crippen molar-refractivity contribution < 1.29 is 19.1 Å². The molecule has 0 spiro atoms. The number of nitrogens with zero attached hydrogens (tertiary/aromatic N) is 2. The molecule has 2 aliphatic rings. The first-order chi connectivity index (χ1) is 19.0. The summed E-state index contributed by atoms with van der Waals surface area (Å²) in [6.45, 7) is 8.42. The third-order valence-corrected chi connectivity index (χ3v) is 8.84. The number of hydrogen-bond donors (Lipinski definition) is 1. The number of nitrogens with one attached hydrogen (secondary N) is 1. The van der Waals surface area contributed by atoms with Crippen molar-refractivity contribution in [3.63, 3.8) is 0 Å². The predicted octanol–water partition coefficient (Wildman–Crippen LogP) is 5.53. The largest absolute Gasteiger partial charge is 0.494 e. The fourth-order valence-corrected chi connectivity index (χ4v) is 6.24. The van der Waals surface area contributed by atoms with Crippen molar-refractivity contribution >= 4 is 39.0 Å². The molecule has 39 heavy (non-hydrogen) atoms. The highest BCUT2D eigenvalue weighted by atomic mass is 32.1. The highest BCUT2D eigenvalue weighted by molar-refractivity contribution is 7.17. The number of benzene rings is 2. The minimum atomic E-state index is -0.274. The van der Waals surface area contributed by atoms with Crippen LogP contribution in [0.25, 0.3) is 10.1 Å². The number of thiophene rings is 1. The molecule has 2 atom stereocenters. The van der Waals surface area contributed by atoms with Crippen LogP contribution in [0.15, 0.2) is 47.8 Å². The molecule has 1 aromatic heterocycles. The number of ether oxygens (including phenoxy) is 2. The van der Waals surface area contributed by atoms with Crippen LogP contribution in [0.1, 0.15) is 56.7 Å². The third-order valence-electron chi connectivity index (χ3n) is 7.96. The number of amides is 1. The Morgan fingerprint density at radius 1 is 1.18 bits per heavy atom. The number of carbonyl (C=O) groups is 2. The van der Waals surface area contributed by atoms with E-state index >= 15 is 0 Å². The SMILES string of the molecule is CCC(C)C(=O)OCN1C(=O)CCc2ccc(OCCCCN3CCNCC3c3cccc4sccc34)cc21. The van der Waals surface area contributed by atoms with Gasteiger partial charge in [0.25, 0.3) is 0 Å². The molecule has 0 aliphatic carbocycles. The topological polar surface area (TPSA) is 71.1 Å². The van der Waals surface area contributed by atoms with Crippen LogP contribution < -0.4 is 15.0 Å². The molecule has 1 saturated heterocycles. The fourth-order valence-electron chi connectivity index (χ4n) is 5.42. The van der Waals surface area contributed by atoms with E-state index in [4.69, 9.17) is 9.47 Å². The molecular weight excluding hydrogens is 510 g/mol. The van der Waals surface area contributed by atoms with E-state index in [-0.39, 0.29) is 24.5 Å². The molecule has 1 fully saturated rings. The van der Waals surface area contributed by atoms with Crippen LogP contribution in [0.4, 0.5) is 5.69 Å². The molecule has 1 N–H and O–H groups in total. The second-order valence-corrected chi connectivity index (χ2v) is 11.5. The summed E-state index contributed by atoms with van der Waals surface area (Å²) in [5, 5.41) is 7.14. The van der Waals surface area contributed by atoms with Gasteiger partial charge in [0.2, 0.25) is 5.91 Å². The second kappa shape index (κ2) is 12.9. The summed E-state index contributed by atoms with van der Waals surface area (Å²) >= 11 is 1.80. The van der Waals surface area contributed by atoms with Crippen LogP contribution >= 0.6 is 11.3 Å². The van der Waals surface area contributed by atoms with Crippen LogP contribution in [-0.2, 0) is 20.7 Å². The number of esters is 1. The zero-order chi connectivity index (χ0) is 27.2. The molecule has 0 saturated carbocycles. The lowest BCUT2D eigenvalue weighted by Gasteiger charge is -2.37. The number of rotatable bonds is 11. The van der Waals surface area contributed by atoms with Gasteiger partial charge in [0, 0.05) is 42.9 Å². The number of carbonyl (C=O) groups excluding carboxylic acids is 2. The van der Waals surface area contributed by atoms with Gasteiger partial charge < -0.3 is 14.8 Å². The lowest BCUT2D eigenvalue weighted by molar-refractivity contribution is -0.148. The zero-order valence-corrected chi connectivity index (χ0v) is 23.8. The van der Waals surface area contributed by atoms with Crippen molar-refractivity contribution in [1.29, 1.82) is 0 Å². The molecule has 0 radical (unpaired) electrons. The summed E-state index contributed by atoms with van der Waals surface area (Å²) in [4.78, 5) is 29.0. The Kier molecular flexibility index (Phi) is 9.17. The van der Waals surface area contributed by atoms with E-state index in [9.17, 15) is 9.59 Å². The summed E-state index contributed by atoms with van der Waals surface area (Å²) < 4.78 is 12.9. The average molecular weight is 550 g/mol. The van der Waals surface area contributed by atoms with Gasteiger partial charge >= 0.3 is 5.97 Å². The monoisotopic (exact) mass is 549 g/mol. The third kappa shape index (κ3) is 6.45. The summed E-state index contributed by atoms with van der Waals surface area (Å²) in [5.41, 5.74) is 3.28. The van der Waals surface area contributed by atoms with Crippen LogP contribution in [0.5, 0.6) is 5.75 Å². The van der Waals surface area contributed by atoms with Crippen LogP contribution in [0.2, 0.25) is 0 Å². The van der Waals surface area contributed by atoms with Gasteiger partial charge in [-0.3, -0.25) is 19.4 Å². The van der Waals surface area contributed by atoms with Gasteiger partial charge in [0.05, 0.1) is 18.2 Å². The molecule has 208 valence electrons. The normalized spacial score (nSPS) is 18.7. The average Bonchev–Trinajstić information content (AvgIpc) is 3.45. The van der Waals surface area contributed by atoms with Crippen molar-refractivity contribution in [3.05, 3.63) is 59.0 Å². The smallest absolute Gasteiger partial charge is 0.310 e. The van der Waals surface area contributed by atoms with E-state index in [1.165, 1.54) is 15.6 Å². The van der Waals surface area contributed by atoms with Gasteiger partial charge in [-0.25, -0.2) is 0 Å². The van der Waals surface area contributed by atoms with E-state index in [0.717, 1.165) is 56.0 Å². The highest BCUT2D eigenvalue weighted by Gasteiger charge is 2.27. The molecule has 8 heteroatoms. The Bertz CT molecular complexity index is 1290. The highest BCUT2D eigenvalue weighted by Crippen LogP contribution is 2.33. The molecule has 5 rings (SSSR count). The number of anilines is 1. The molecule has 3 heterocycles. The first-order valence-electron chi connectivity index (χ1n) is 14.2. The van der Waals surface area contributed by atoms with Crippen LogP contribution in [-0.4, -0.2) is 56.3 Å². The van der Waals surface area contributed by atoms with Crippen molar-refractivity contribution in [2.45, 2.75) is 52.0 Å². The molecule has 2 unspecified atom stereocenters. The Labute approximate surface area is 235 Å². The number of aryl methyl sites for hydroxylation is 1. The van der Waals surface area contributed by atoms with Crippen LogP contribution in [0.3, 0.4) is 0 Å². The van der Waals surface area contributed by atoms with Crippen molar-refractivity contribution in [1.82, 2.24) is 10.2 Å². The van der Waals surface area contributed by atoms with Gasteiger partial charge in [-0.15, -0.1) is 11.3 Å². The van der Waals surface area contributed by atoms with Crippen LogP contribution in [0, 0.1) is 5.92 Å². The molecule has 7 nitrogen and oxygen atoms in total. The van der Waals surface area contributed by atoms with E-state index in [1.807, 2.05) is 32.0 Å². The Morgan fingerprint density at radius 2 is 2.08 bits per heavy atom. The molecule has 2 aromatic carbocycles. The van der Waals surface area contributed by atoms with Gasteiger partial charge in [-0.1, -0.05) is 32.0 Å². The van der Waals surface area contributed by atoms with E-state index in [1.54, 1.807) is 16.2 Å². The predicted molar refractivity (Wildman–Crippen MR) is 156 cm³/mol. The van der Waals surface area contributed by atoms with E-state index < -0.39 is 0 Å². The lowest BCUT2D eigenvalue weighted by atomic mass is 9.99. The maximum atomic E-state index is 12.6. The quantitative estimate of drug-likeness (QED) is 0.250. The van der Waals surface area contributed by atoms with Gasteiger partial charge in [0.1, 0.15) is 5.75 Å². The number of fused-ring (bicyclic) bond motifs is 2. The van der Waals surface area contributed by atoms with Crippen molar-refractivity contribution in [2.24, 2.45) is 5.92 Å². The molecule has 0 bridgehead atoms. The standard InChI is InChI=1S/C31H39N3O4S/c1-3-22(2)31(36)38-21-34-27-19-24(11-9-23(27)10-12-30(34)35)37-17-5-4-15-33-16-14-32-20-28(33)25-7-6-8-29-26(25)13-18-39-29/h6-9,11,13,18-19,22,28,32H,3-5,10,12,14-17,20-21H2,1-2H3. The minimum absolute atomic E-state index is 0.0275. The summed E-state index contributed by atoms with van der Waals surface area (Å²) in [6, 6.07) is 15.2. The lowest BCUT2D eigenvalue weighted by Crippen LogP contribution is -2.46. The Hall–Kier alpha value is -2.94. The van der Waals surface area contributed by atoms with Crippen molar-refractivity contribution in [3.8, 4) is 5.75 Å². The molecule has 2 aliphatic heterocycles. The van der Waals surface area contributed by atoms with E-state index in [2.05, 4.69) is 39.9 Å². The Morgan fingerprint density at radius 3 is 2.95 bits per heavy atom. The number of unbranched alkanes of at least 4 members (excludes halogenated alkanes) is 1. The molecule has 1 amide bonds. The van der Waals surface area contributed by atoms with Gasteiger partial charge in [-0.05, 0) is 72.3 Å². The fraction of sp³-hybridized carbons (Fsp3) is 0.484. The maximum absolute atomic E-state index is 12.6. The zero-order valence-electron chi connectivity index (χ0n) is 23.0. The van der Waals surface area contributed by atoms with Gasteiger partial charge in [0.15, 0.2) is 6.73 Å². The van der Waals surface area contributed by atoms with Gasteiger partial charge in [-0.2, -0.15) is 0 Å². The summed E-state index contributed by atoms with van der Waals surface area (Å²) in [5.74, 6) is 0.259. The molecule has 3 aromatic rings. The summed E-state index contributed by atoms with van der Waals surface area (Å²) in [6.07, 6.45) is 3.82. The molecular formula is C31H39N3O4S. The second-order valence-electron chi connectivity index (χ2n) is 10.5. The number of piperazine rings is 1. The first-order valence-corrected chi connectivity index (χ1v) is 15.1. The van der Waals surface area contributed by atoms with Crippen molar-refractivity contribution in [2.75, 3.05) is 44.4 Å². The summed E-state index contributed by atoms with van der Waals surface area (Å²) in [7, 11) is 0. The minimum Gasteiger partial charge on any atom is -0.494 e.